The van der Waals surface area contributed by atoms with Gasteiger partial charge in [0.1, 0.15) is 0 Å². The zero-order chi connectivity index (χ0) is 18.0. The van der Waals surface area contributed by atoms with Gasteiger partial charge >= 0.3 is 10.4 Å². The van der Waals surface area contributed by atoms with Crippen molar-refractivity contribution in [1.82, 2.24) is 0 Å². The van der Waals surface area contributed by atoms with Crippen molar-refractivity contribution in [2.75, 3.05) is 18.1 Å². The summed E-state index contributed by atoms with van der Waals surface area (Å²) in [6.45, 7) is 1.89. The summed E-state index contributed by atoms with van der Waals surface area (Å²) in [5.74, 6) is -0.0127. The number of fused-ring (bicyclic) bond motifs is 2. The van der Waals surface area contributed by atoms with E-state index in [0.29, 0.717) is 18.5 Å². The summed E-state index contributed by atoms with van der Waals surface area (Å²) in [7, 11) is -4.43. The van der Waals surface area contributed by atoms with Gasteiger partial charge in [0.15, 0.2) is 5.78 Å². The molecule has 1 aliphatic rings. The van der Waals surface area contributed by atoms with E-state index in [4.69, 9.17) is 4.55 Å². The fraction of sp³-hybridized carbons (Fsp3) is 0.235. The number of para-hydroxylation sites is 1. The van der Waals surface area contributed by atoms with Gasteiger partial charge in [-0.15, -0.1) is 0 Å². The molecule has 1 heterocycles. The van der Waals surface area contributed by atoms with Crippen molar-refractivity contribution in [2.45, 2.75) is 23.1 Å². The molecule has 2 aromatic carbocycles. The minimum Gasteiger partial charge on any atom is -0.340 e. The quantitative estimate of drug-likeness (QED) is 0.465. The average Bonchev–Trinajstić information content (AvgIpc) is 2.56. The number of anilines is 2. The van der Waals surface area contributed by atoms with Gasteiger partial charge in [-0.3, -0.25) is 9.35 Å². The molecule has 0 bridgehead atoms. The van der Waals surface area contributed by atoms with Crippen LogP contribution in [0.25, 0.3) is 0 Å². The Hall–Kier alpha value is -1.87. The summed E-state index contributed by atoms with van der Waals surface area (Å²) < 4.78 is 34.4. The molecule has 0 aliphatic carbocycles. The Balaban J connectivity index is 1.90. The van der Waals surface area contributed by atoms with Gasteiger partial charge in [-0.25, -0.2) is 4.18 Å². The number of rotatable bonds is 6. The Labute approximate surface area is 150 Å². The zero-order valence-electron chi connectivity index (χ0n) is 13.5. The molecular weight excluding hydrogens is 362 g/mol. The topological polar surface area (TPSA) is 83.9 Å². The molecule has 1 N–H and O–H groups in total. The third-order valence-electron chi connectivity index (χ3n) is 3.79. The summed E-state index contributed by atoms with van der Waals surface area (Å²) in [5, 5.41) is 0. The Morgan fingerprint density at radius 2 is 1.88 bits per heavy atom. The first-order valence-corrected chi connectivity index (χ1v) is 9.84. The van der Waals surface area contributed by atoms with Crippen LogP contribution in [0.3, 0.4) is 0 Å². The van der Waals surface area contributed by atoms with Crippen LogP contribution < -0.4 is 4.90 Å². The van der Waals surface area contributed by atoms with E-state index in [1.165, 1.54) is 6.92 Å². The van der Waals surface area contributed by atoms with Crippen LogP contribution in [-0.2, 0) is 14.6 Å². The van der Waals surface area contributed by atoms with Gasteiger partial charge in [0.25, 0.3) is 0 Å². The second-order valence-corrected chi connectivity index (χ2v) is 7.74. The molecule has 0 atom stereocenters. The molecule has 6 nitrogen and oxygen atoms in total. The van der Waals surface area contributed by atoms with Crippen LogP contribution in [-0.4, -0.2) is 31.9 Å². The van der Waals surface area contributed by atoms with Gasteiger partial charge in [-0.1, -0.05) is 30.0 Å². The Morgan fingerprint density at radius 3 is 2.60 bits per heavy atom. The predicted octanol–water partition coefficient (Wildman–Crippen LogP) is 3.70. The minimum absolute atomic E-state index is 0.0127. The van der Waals surface area contributed by atoms with E-state index < -0.39 is 10.4 Å². The highest BCUT2D eigenvalue weighted by atomic mass is 32.3. The van der Waals surface area contributed by atoms with Gasteiger partial charge in [0.05, 0.1) is 18.0 Å². The predicted molar refractivity (Wildman–Crippen MR) is 96.1 cm³/mol. The van der Waals surface area contributed by atoms with Gasteiger partial charge in [-0.2, -0.15) is 8.42 Å². The molecule has 0 radical (unpaired) electrons. The van der Waals surface area contributed by atoms with E-state index in [9.17, 15) is 13.2 Å². The molecule has 0 saturated carbocycles. The first-order chi connectivity index (χ1) is 11.8. The Bertz CT molecular complexity index is 911. The number of carbonyl (C=O) groups is 1. The van der Waals surface area contributed by atoms with E-state index in [1.807, 2.05) is 47.4 Å². The van der Waals surface area contributed by atoms with E-state index in [0.717, 1.165) is 21.2 Å². The largest absolute Gasteiger partial charge is 0.397 e. The van der Waals surface area contributed by atoms with Crippen molar-refractivity contribution in [1.29, 1.82) is 0 Å². The van der Waals surface area contributed by atoms with E-state index in [1.54, 1.807) is 11.8 Å². The summed E-state index contributed by atoms with van der Waals surface area (Å²) in [6.07, 6.45) is 0.391. The zero-order valence-corrected chi connectivity index (χ0v) is 15.1. The van der Waals surface area contributed by atoms with Crippen molar-refractivity contribution in [3.05, 3.63) is 48.0 Å². The number of Topliss-reactive ketones (excluding diaryl/α,β-unsaturated/α-hetero) is 1. The first kappa shape index (κ1) is 17.9. The van der Waals surface area contributed by atoms with E-state index in [-0.39, 0.29) is 12.4 Å². The molecule has 25 heavy (non-hydrogen) atoms. The van der Waals surface area contributed by atoms with E-state index in [2.05, 4.69) is 4.18 Å². The highest BCUT2D eigenvalue weighted by Gasteiger charge is 2.23. The van der Waals surface area contributed by atoms with Crippen molar-refractivity contribution in [3.8, 4) is 0 Å². The lowest BCUT2D eigenvalue weighted by Gasteiger charge is -2.33. The lowest BCUT2D eigenvalue weighted by Crippen LogP contribution is -2.23. The van der Waals surface area contributed by atoms with Crippen molar-refractivity contribution in [2.24, 2.45) is 0 Å². The lowest BCUT2D eigenvalue weighted by molar-refractivity contribution is 0.101. The molecule has 8 heteroatoms. The fourth-order valence-electron chi connectivity index (χ4n) is 2.68. The molecule has 0 aromatic heterocycles. The van der Waals surface area contributed by atoms with Crippen LogP contribution in [0, 0.1) is 0 Å². The second-order valence-electron chi connectivity index (χ2n) is 5.56. The average molecular weight is 379 g/mol. The maximum Gasteiger partial charge on any atom is 0.397 e. The van der Waals surface area contributed by atoms with Gasteiger partial charge < -0.3 is 4.90 Å². The van der Waals surface area contributed by atoms with Crippen molar-refractivity contribution in [3.63, 3.8) is 0 Å². The molecule has 0 spiro atoms. The number of ketones is 1. The van der Waals surface area contributed by atoms with Crippen LogP contribution in [0.5, 0.6) is 0 Å². The molecule has 1 aliphatic heterocycles. The highest BCUT2D eigenvalue weighted by Crippen LogP contribution is 2.48. The molecule has 132 valence electrons. The normalized spacial score (nSPS) is 13.3. The molecule has 0 amide bonds. The van der Waals surface area contributed by atoms with E-state index >= 15 is 0 Å². The number of benzene rings is 2. The number of carbonyl (C=O) groups excluding carboxylic acids is 1. The Morgan fingerprint density at radius 1 is 1.16 bits per heavy atom. The van der Waals surface area contributed by atoms with Crippen LogP contribution in [0.2, 0.25) is 0 Å². The Kier molecular flexibility index (Phi) is 5.14. The molecule has 0 fully saturated rings. The third-order valence-corrected chi connectivity index (χ3v) is 5.39. The number of hydrogen-bond acceptors (Lipinski definition) is 6. The third kappa shape index (κ3) is 4.21. The highest BCUT2D eigenvalue weighted by molar-refractivity contribution is 7.99. The fourth-order valence-corrected chi connectivity index (χ4v) is 4.08. The summed E-state index contributed by atoms with van der Waals surface area (Å²) in [6, 6.07) is 13.5. The number of hydrogen-bond donors (Lipinski definition) is 1. The van der Waals surface area contributed by atoms with Gasteiger partial charge in [-0.05, 0) is 37.6 Å². The summed E-state index contributed by atoms with van der Waals surface area (Å²) >= 11 is 1.63. The second kappa shape index (κ2) is 7.17. The minimum atomic E-state index is -4.43. The maximum absolute atomic E-state index is 11.7. The molecule has 2 aromatic rings. The lowest BCUT2D eigenvalue weighted by atomic mass is 10.1. The number of nitrogens with zero attached hydrogens (tertiary/aromatic N) is 1. The van der Waals surface area contributed by atoms with Crippen molar-refractivity contribution < 1.29 is 21.9 Å². The van der Waals surface area contributed by atoms with Gasteiger partial charge in [0.2, 0.25) is 0 Å². The van der Waals surface area contributed by atoms with Crippen LogP contribution >= 0.6 is 11.8 Å². The molecular formula is C17H17NO5S2. The maximum atomic E-state index is 11.7. The van der Waals surface area contributed by atoms with Crippen LogP contribution in [0.4, 0.5) is 11.4 Å². The first-order valence-electron chi connectivity index (χ1n) is 7.66. The standard InChI is InChI=1S/C17H17NO5S2/c1-12(19)13-7-8-17-15(11-13)18(9-4-10-23-25(20,21)22)14-5-2-3-6-16(14)24-17/h2-3,5-8,11H,4,9-10H2,1H3,(H,20,21,22). The van der Waals surface area contributed by atoms with Crippen LogP contribution in [0.15, 0.2) is 52.3 Å². The molecule has 3 rings (SSSR count). The smallest absolute Gasteiger partial charge is 0.340 e. The van der Waals surface area contributed by atoms with Crippen molar-refractivity contribution >= 4 is 39.3 Å². The summed E-state index contributed by atoms with van der Waals surface area (Å²) in [4.78, 5) is 15.9. The molecule has 0 saturated heterocycles. The van der Waals surface area contributed by atoms with Gasteiger partial charge in [0, 0.05) is 21.9 Å². The van der Waals surface area contributed by atoms with Crippen LogP contribution in [0.1, 0.15) is 23.7 Å². The molecule has 0 unspecified atom stereocenters. The summed E-state index contributed by atoms with van der Waals surface area (Å²) in [5.41, 5.74) is 2.52. The SMILES string of the molecule is CC(=O)c1ccc2c(c1)N(CCCOS(=O)(=O)O)c1ccccc1S2. The monoisotopic (exact) mass is 379 g/mol.